The van der Waals surface area contributed by atoms with E-state index in [0.717, 1.165) is 18.4 Å². The van der Waals surface area contributed by atoms with E-state index in [2.05, 4.69) is 0 Å². The van der Waals surface area contributed by atoms with Gasteiger partial charge in [0.1, 0.15) is 11.4 Å². The third-order valence-electron chi connectivity index (χ3n) is 3.89. The summed E-state index contributed by atoms with van der Waals surface area (Å²) < 4.78 is 18.2. The van der Waals surface area contributed by atoms with Crippen LogP contribution in [0.5, 0.6) is 0 Å². The van der Waals surface area contributed by atoms with E-state index in [0.29, 0.717) is 12.0 Å². The third kappa shape index (κ3) is 2.50. The van der Waals surface area contributed by atoms with Crippen LogP contribution in [-0.2, 0) is 21.6 Å². The first-order valence-corrected chi connectivity index (χ1v) is 6.67. The number of aliphatic hydroxyl groups is 1. The molecule has 0 fully saturated rings. The lowest BCUT2D eigenvalue weighted by molar-refractivity contribution is -0.159. The zero-order valence-electron chi connectivity index (χ0n) is 11.3. The minimum Gasteiger partial charge on any atom is -0.466 e. The van der Waals surface area contributed by atoms with Crippen LogP contribution in [0.2, 0.25) is 0 Å². The highest BCUT2D eigenvalue weighted by Gasteiger charge is 2.43. The van der Waals surface area contributed by atoms with Gasteiger partial charge >= 0.3 is 5.97 Å². The van der Waals surface area contributed by atoms with Crippen molar-refractivity contribution in [2.24, 2.45) is 5.92 Å². The van der Waals surface area contributed by atoms with Gasteiger partial charge in [0.15, 0.2) is 0 Å². The van der Waals surface area contributed by atoms with Gasteiger partial charge in [0, 0.05) is 0 Å². The van der Waals surface area contributed by atoms with Crippen LogP contribution in [0.25, 0.3) is 0 Å². The van der Waals surface area contributed by atoms with E-state index in [1.54, 1.807) is 19.9 Å². The maximum Gasteiger partial charge on any atom is 0.311 e. The second-order valence-electron chi connectivity index (χ2n) is 5.05. The van der Waals surface area contributed by atoms with Gasteiger partial charge in [-0.25, -0.2) is 4.39 Å². The van der Waals surface area contributed by atoms with E-state index in [1.165, 1.54) is 12.1 Å². The van der Waals surface area contributed by atoms with Gasteiger partial charge in [-0.1, -0.05) is 6.07 Å². The molecule has 104 valence electrons. The summed E-state index contributed by atoms with van der Waals surface area (Å²) in [7, 11) is 0. The molecule has 0 spiro atoms. The van der Waals surface area contributed by atoms with Gasteiger partial charge in [-0.3, -0.25) is 4.79 Å². The van der Waals surface area contributed by atoms with Crippen LogP contribution in [0.15, 0.2) is 18.2 Å². The number of halogens is 1. The van der Waals surface area contributed by atoms with E-state index >= 15 is 0 Å². The molecule has 0 radical (unpaired) electrons. The van der Waals surface area contributed by atoms with Crippen LogP contribution in [0.3, 0.4) is 0 Å². The monoisotopic (exact) mass is 266 g/mol. The fourth-order valence-electron chi connectivity index (χ4n) is 2.79. The molecule has 1 aromatic carbocycles. The predicted octanol–water partition coefficient (Wildman–Crippen LogP) is 2.55. The predicted molar refractivity (Wildman–Crippen MR) is 69.0 cm³/mol. The van der Waals surface area contributed by atoms with Crippen LogP contribution in [0, 0.1) is 11.7 Å². The van der Waals surface area contributed by atoms with Crippen molar-refractivity contribution in [1.29, 1.82) is 0 Å². The second kappa shape index (κ2) is 5.29. The number of benzene rings is 1. The maximum absolute atomic E-state index is 13.3. The first-order chi connectivity index (χ1) is 8.99. The van der Waals surface area contributed by atoms with Crippen molar-refractivity contribution >= 4 is 5.97 Å². The molecule has 3 nitrogen and oxygen atoms in total. The van der Waals surface area contributed by atoms with Crippen molar-refractivity contribution in [3.63, 3.8) is 0 Å². The Morgan fingerprint density at radius 2 is 2.32 bits per heavy atom. The van der Waals surface area contributed by atoms with Crippen molar-refractivity contribution in [2.45, 2.75) is 38.7 Å². The van der Waals surface area contributed by atoms with E-state index < -0.39 is 17.5 Å². The Bertz CT molecular complexity index is 486. The summed E-state index contributed by atoms with van der Waals surface area (Å²) in [6, 6.07) is 4.35. The average Bonchev–Trinajstić information content (AvgIpc) is 2.38. The molecule has 0 heterocycles. The summed E-state index contributed by atoms with van der Waals surface area (Å²) in [5.74, 6) is -1.38. The van der Waals surface area contributed by atoms with Gasteiger partial charge < -0.3 is 9.84 Å². The first kappa shape index (κ1) is 14.0. The average molecular weight is 266 g/mol. The largest absolute Gasteiger partial charge is 0.466 e. The molecule has 1 aliphatic carbocycles. The molecular formula is C15H19FO3. The number of esters is 1. The highest BCUT2D eigenvalue weighted by molar-refractivity contribution is 5.74. The zero-order chi connectivity index (χ0) is 14.0. The third-order valence-corrected chi connectivity index (χ3v) is 3.89. The molecular weight excluding hydrogens is 247 g/mol. The van der Waals surface area contributed by atoms with E-state index in [4.69, 9.17) is 4.74 Å². The molecule has 19 heavy (non-hydrogen) atoms. The zero-order valence-corrected chi connectivity index (χ0v) is 11.3. The molecule has 0 saturated heterocycles. The smallest absolute Gasteiger partial charge is 0.311 e. The van der Waals surface area contributed by atoms with Gasteiger partial charge in [0.25, 0.3) is 0 Å². The lowest BCUT2D eigenvalue weighted by atomic mass is 9.72. The molecule has 0 saturated carbocycles. The molecule has 1 N–H and O–H groups in total. The Labute approximate surface area is 112 Å². The summed E-state index contributed by atoms with van der Waals surface area (Å²) in [4.78, 5) is 11.9. The fraction of sp³-hybridized carbons (Fsp3) is 0.533. The molecule has 1 aromatic rings. The number of rotatable bonds is 3. The van der Waals surface area contributed by atoms with Gasteiger partial charge in [0.05, 0.1) is 12.5 Å². The van der Waals surface area contributed by atoms with Crippen LogP contribution in [0.1, 0.15) is 37.8 Å². The van der Waals surface area contributed by atoms with Crippen molar-refractivity contribution in [2.75, 3.05) is 6.61 Å². The Kier molecular flexibility index (Phi) is 3.90. The second-order valence-corrected chi connectivity index (χ2v) is 5.05. The Hall–Kier alpha value is -1.42. The summed E-state index contributed by atoms with van der Waals surface area (Å²) in [5.41, 5.74) is 0.179. The Morgan fingerprint density at radius 3 is 3.00 bits per heavy atom. The summed E-state index contributed by atoms with van der Waals surface area (Å²) in [6.07, 6.45) is 1.95. The quantitative estimate of drug-likeness (QED) is 0.855. The fourth-order valence-corrected chi connectivity index (χ4v) is 2.79. The number of hydrogen-bond donors (Lipinski definition) is 1. The highest BCUT2D eigenvalue weighted by atomic mass is 19.1. The van der Waals surface area contributed by atoms with Crippen LogP contribution < -0.4 is 0 Å². The lowest BCUT2D eigenvalue weighted by Gasteiger charge is -2.38. The van der Waals surface area contributed by atoms with Crippen LogP contribution in [-0.4, -0.2) is 17.7 Å². The highest BCUT2D eigenvalue weighted by Crippen LogP contribution is 2.41. The van der Waals surface area contributed by atoms with E-state index in [1.807, 2.05) is 0 Å². The lowest BCUT2D eigenvalue weighted by Crippen LogP contribution is -2.41. The van der Waals surface area contributed by atoms with E-state index in [9.17, 15) is 14.3 Å². The molecule has 2 rings (SSSR count). The number of fused-ring (bicyclic) bond motifs is 1. The number of carbonyl (C=O) groups excluding carboxylic acids is 1. The molecule has 0 aromatic heterocycles. The summed E-state index contributed by atoms with van der Waals surface area (Å²) >= 11 is 0. The number of carbonyl (C=O) groups is 1. The molecule has 0 aliphatic heterocycles. The van der Waals surface area contributed by atoms with Crippen molar-refractivity contribution in [1.82, 2.24) is 0 Å². The summed E-state index contributed by atoms with van der Waals surface area (Å²) in [5, 5.41) is 10.9. The van der Waals surface area contributed by atoms with Gasteiger partial charge in [-0.05, 0) is 56.4 Å². The van der Waals surface area contributed by atoms with Crippen molar-refractivity contribution < 1.29 is 19.0 Å². The molecule has 1 aliphatic rings. The molecule has 4 heteroatoms. The number of aryl methyl sites for hydroxylation is 1. The summed E-state index contributed by atoms with van der Waals surface area (Å²) in [6.45, 7) is 3.69. The molecule has 2 atom stereocenters. The van der Waals surface area contributed by atoms with Gasteiger partial charge in [0.2, 0.25) is 0 Å². The SMILES string of the molecule is CCOC(=O)C(C)C1(O)CCCc2cc(F)ccc21. The number of ether oxygens (including phenoxy) is 1. The minimum atomic E-state index is -1.26. The van der Waals surface area contributed by atoms with Gasteiger partial charge in [-0.2, -0.15) is 0 Å². The maximum atomic E-state index is 13.3. The molecule has 2 unspecified atom stereocenters. The topological polar surface area (TPSA) is 46.5 Å². The minimum absolute atomic E-state index is 0.287. The normalized spacial score (nSPS) is 23.6. The Morgan fingerprint density at radius 1 is 1.58 bits per heavy atom. The van der Waals surface area contributed by atoms with E-state index in [-0.39, 0.29) is 12.4 Å². The Balaban J connectivity index is 2.38. The number of hydrogen-bond acceptors (Lipinski definition) is 3. The first-order valence-electron chi connectivity index (χ1n) is 6.67. The molecule has 0 bridgehead atoms. The van der Waals surface area contributed by atoms with Gasteiger partial charge in [-0.15, -0.1) is 0 Å². The van der Waals surface area contributed by atoms with Crippen LogP contribution in [0.4, 0.5) is 4.39 Å². The van der Waals surface area contributed by atoms with Crippen molar-refractivity contribution in [3.05, 3.63) is 35.1 Å². The van der Waals surface area contributed by atoms with Crippen LogP contribution >= 0.6 is 0 Å². The van der Waals surface area contributed by atoms with Crippen molar-refractivity contribution in [3.8, 4) is 0 Å². The molecule has 0 amide bonds. The standard InChI is InChI=1S/C15H19FO3/c1-3-19-14(17)10(2)15(18)8-4-5-11-9-12(16)6-7-13(11)15/h6-7,9-10,18H,3-5,8H2,1-2H3.